The van der Waals surface area contributed by atoms with Crippen molar-refractivity contribution in [2.75, 3.05) is 38.7 Å². The second kappa shape index (κ2) is 12.6. The van der Waals surface area contributed by atoms with Gasteiger partial charge in [0.25, 0.3) is 0 Å². The van der Waals surface area contributed by atoms with E-state index < -0.39 is 10.0 Å². The molecule has 0 radical (unpaired) electrons. The molecule has 0 amide bonds. The molecule has 0 aromatic heterocycles. The fourth-order valence-electron chi connectivity index (χ4n) is 3.74. The Morgan fingerprint density at radius 3 is 2.18 bits per heavy atom. The number of benzene rings is 2. The van der Waals surface area contributed by atoms with Crippen LogP contribution in [-0.2, 0) is 21.4 Å². The maximum atomic E-state index is 13.5. The zero-order valence-corrected chi connectivity index (χ0v) is 21.9. The van der Waals surface area contributed by atoms with E-state index in [-0.39, 0.29) is 4.90 Å². The van der Waals surface area contributed by atoms with Gasteiger partial charge in [-0.05, 0) is 61.4 Å². The van der Waals surface area contributed by atoms with Gasteiger partial charge in [-0.25, -0.2) is 12.7 Å². The SMILES string of the molecule is CCCCN(CCCC)c1cc(COCC2CC2)cc(S(=O)(=O)N(C)C)c1Oc1ccccc1. The lowest BCUT2D eigenvalue weighted by atomic mass is 10.1. The van der Waals surface area contributed by atoms with Gasteiger partial charge in [-0.2, -0.15) is 0 Å². The quantitative estimate of drug-likeness (QED) is 0.305. The van der Waals surface area contributed by atoms with Gasteiger partial charge in [-0.1, -0.05) is 44.9 Å². The molecule has 7 heteroatoms. The lowest BCUT2D eigenvalue weighted by molar-refractivity contribution is 0.111. The fourth-order valence-corrected chi connectivity index (χ4v) is 4.81. The third-order valence-electron chi connectivity index (χ3n) is 6.04. The Labute approximate surface area is 205 Å². The van der Waals surface area contributed by atoms with Crippen LogP contribution in [0.4, 0.5) is 5.69 Å². The third kappa shape index (κ3) is 7.20. The van der Waals surface area contributed by atoms with Crippen LogP contribution in [0.25, 0.3) is 0 Å². The van der Waals surface area contributed by atoms with Gasteiger partial charge in [0.15, 0.2) is 5.75 Å². The maximum Gasteiger partial charge on any atom is 0.246 e. The molecule has 0 bridgehead atoms. The standard InChI is InChI=1S/C27H40N2O4S/c1-5-7-16-29(17-8-6-2)25-18-23(21-32-20-22-14-15-22)19-26(34(30,31)28(3)4)27(25)33-24-12-10-9-11-13-24/h9-13,18-19,22H,5-8,14-17,20-21H2,1-4H3. The van der Waals surface area contributed by atoms with E-state index in [9.17, 15) is 8.42 Å². The van der Waals surface area contributed by atoms with Crippen molar-refractivity contribution in [3.63, 3.8) is 0 Å². The molecule has 0 N–H and O–H groups in total. The molecule has 0 saturated heterocycles. The average Bonchev–Trinajstić information content (AvgIpc) is 3.65. The highest BCUT2D eigenvalue weighted by atomic mass is 32.2. The minimum Gasteiger partial charge on any atom is -0.454 e. The smallest absolute Gasteiger partial charge is 0.246 e. The monoisotopic (exact) mass is 488 g/mol. The molecule has 0 aliphatic heterocycles. The van der Waals surface area contributed by atoms with Gasteiger partial charge in [0.2, 0.25) is 10.0 Å². The van der Waals surface area contributed by atoms with Crippen molar-refractivity contribution in [1.82, 2.24) is 4.31 Å². The van der Waals surface area contributed by atoms with Crippen molar-refractivity contribution in [3.05, 3.63) is 48.0 Å². The molecular formula is C27H40N2O4S. The van der Waals surface area contributed by atoms with Crippen LogP contribution in [0.2, 0.25) is 0 Å². The first-order valence-electron chi connectivity index (χ1n) is 12.5. The van der Waals surface area contributed by atoms with Gasteiger partial charge in [-0.15, -0.1) is 0 Å². The molecule has 3 rings (SSSR count). The second-order valence-corrected chi connectivity index (χ2v) is 11.4. The zero-order valence-electron chi connectivity index (χ0n) is 21.1. The van der Waals surface area contributed by atoms with E-state index in [1.807, 2.05) is 30.3 Å². The van der Waals surface area contributed by atoms with Crippen LogP contribution < -0.4 is 9.64 Å². The third-order valence-corrected chi connectivity index (χ3v) is 7.86. The summed E-state index contributed by atoms with van der Waals surface area (Å²) >= 11 is 0. The van der Waals surface area contributed by atoms with Gasteiger partial charge in [-0.3, -0.25) is 0 Å². The summed E-state index contributed by atoms with van der Waals surface area (Å²) in [5.74, 6) is 1.65. The predicted octanol–water partition coefficient (Wildman–Crippen LogP) is 6.06. The Hall–Kier alpha value is -2.09. The van der Waals surface area contributed by atoms with Crippen molar-refractivity contribution in [2.45, 2.75) is 63.9 Å². The minimum absolute atomic E-state index is 0.182. The molecule has 0 atom stereocenters. The van der Waals surface area contributed by atoms with Gasteiger partial charge in [0, 0.05) is 33.8 Å². The summed E-state index contributed by atoms with van der Waals surface area (Å²) in [7, 11) is -0.632. The van der Waals surface area contributed by atoms with E-state index in [4.69, 9.17) is 9.47 Å². The molecule has 34 heavy (non-hydrogen) atoms. The summed E-state index contributed by atoms with van der Waals surface area (Å²) in [4.78, 5) is 2.46. The highest BCUT2D eigenvalue weighted by molar-refractivity contribution is 7.89. The molecule has 0 heterocycles. The number of rotatable bonds is 15. The number of nitrogens with zero attached hydrogens (tertiary/aromatic N) is 2. The lowest BCUT2D eigenvalue weighted by Crippen LogP contribution is -2.28. The molecule has 0 spiro atoms. The molecular weight excluding hydrogens is 448 g/mol. The Kier molecular flexibility index (Phi) is 9.80. The van der Waals surface area contributed by atoms with Crippen LogP contribution in [0.15, 0.2) is 47.4 Å². The number of sulfonamides is 1. The summed E-state index contributed by atoms with van der Waals surface area (Å²) < 4.78 is 40.5. The molecule has 2 aromatic rings. The first-order valence-corrected chi connectivity index (χ1v) is 14.0. The van der Waals surface area contributed by atoms with Crippen molar-refractivity contribution < 1.29 is 17.9 Å². The average molecular weight is 489 g/mol. The van der Waals surface area contributed by atoms with E-state index in [1.165, 1.54) is 17.1 Å². The van der Waals surface area contributed by atoms with E-state index >= 15 is 0 Å². The molecule has 2 aromatic carbocycles. The van der Waals surface area contributed by atoms with E-state index in [1.54, 1.807) is 20.2 Å². The Balaban J connectivity index is 2.12. The summed E-state index contributed by atoms with van der Waals surface area (Å²) in [5, 5.41) is 0. The number of ether oxygens (including phenoxy) is 2. The molecule has 188 valence electrons. The van der Waals surface area contributed by atoms with Crippen LogP contribution >= 0.6 is 0 Å². The van der Waals surface area contributed by atoms with Gasteiger partial charge >= 0.3 is 0 Å². The highest BCUT2D eigenvalue weighted by Crippen LogP contribution is 2.41. The normalized spacial score (nSPS) is 13.9. The van der Waals surface area contributed by atoms with Crippen molar-refractivity contribution in [2.24, 2.45) is 5.92 Å². The minimum atomic E-state index is -3.75. The molecule has 0 unspecified atom stereocenters. The van der Waals surface area contributed by atoms with Gasteiger partial charge < -0.3 is 14.4 Å². The second-order valence-electron chi connectivity index (χ2n) is 9.30. The van der Waals surface area contributed by atoms with Crippen LogP contribution in [0.5, 0.6) is 11.5 Å². The van der Waals surface area contributed by atoms with E-state index in [0.29, 0.717) is 24.0 Å². The highest BCUT2D eigenvalue weighted by Gasteiger charge is 2.29. The molecule has 1 aliphatic rings. The van der Waals surface area contributed by atoms with Crippen LogP contribution in [0.3, 0.4) is 0 Å². The van der Waals surface area contributed by atoms with Crippen molar-refractivity contribution >= 4 is 15.7 Å². The predicted molar refractivity (Wildman–Crippen MR) is 138 cm³/mol. The van der Waals surface area contributed by atoms with E-state index in [0.717, 1.165) is 56.6 Å². The van der Waals surface area contributed by atoms with Crippen molar-refractivity contribution in [1.29, 1.82) is 0 Å². The largest absolute Gasteiger partial charge is 0.454 e. The number of anilines is 1. The zero-order chi connectivity index (χ0) is 24.6. The van der Waals surface area contributed by atoms with Crippen LogP contribution in [0, 0.1) is 5.92 Å². The number of unbranched alkanes of at least 4 members (excludes halogenated alkanes) is 2. The summed E-state index contributed by atoms with van der Waals surface area (Å²) in [6.45, 7) is 7.14. The van der Waals surface area contributed by atoms with E-state index in [2.05, 4.69) is 24.8 Å². The Morgan fingerprint density at radius 1 is 0.971 bits per heavy atom. The van der Waals surface area contributed by atoms with Crippen molar-refractivity contribution in [3.8, 4) is 11.5 Å². The first-order chi connectivity index (χ1) is 16.4. The number of hydrogen-bond acceptors (Lipinski definition) is 5. The Morgan fingerprint density at radius 2 is 1.62 bits per heavy atom. The van der Waals surface area contributed by atoms with Gasteiger partial charge in [0.1, 0.15) is 10.6 Å². The topological polar surface area (TPSA) is 59.1 Å². The lowest BCUT2D eigenvalue weighted by Gasteiger charge is -2.29. The fraction of sp³-hybridized carbons (Fsp3) is 0.556. The first kappa shape index (κ1) is 26.5. The van der Waals surface area contributed by atoms with Crippen LogP contribution in [0.1, 0.15) is 57.9 Å². The number of para-hydroxylation sites is 1. The maximum absolute atomic E-state index is 13.5. The summed E-state index contributed by atoms with van der Waals surface area (Å²) in [5.41, 5.74) is 1.67. The molecule has 1 saturated carbocycles. The summed E-state index contributed by atoms with van der Waals surface area (Å²) in [6.07, 6.45) is 6.60. The molecule has 1 aliphatic carbocycles. The van der Waals surface area contributed by atoms with Crippen LogP contribution in [-0.4, -0.2) is 46.5 Å². The Bertz CT molecular complexity index is 997. The summed E-state index contributed by atoms with van der Waals surface area (Å²) in [6, 6.07) is 13.2. The molecule has 6 nitrogen and oxygen atoms in total. The number of hydrogen-bond donors (Lipinski definition) is 0. The van der Waals surface area contributed by atoms with Gasteiger partial charge in [0.05, 0.1) is 12.3 Å². The molecule has 1 fully saturated rings.